The Bertz CT molecular complexity index is 264. The summed E-state index contributed by atoms with van der Waals surface area (Å²) in [6.07, 6.45) is 0.867. The Kier molecular flexibility index (Phi) is 5.14. The first-order chi connectivity index (χ1) is 6.54. The predicted molar refractivity (Wildman–Crippen MR) is 61.9 cm³/mol. The first-order valence-electron chi connectivity index (χ1n) is 5.10. The summed E-state index contributed by atoms with van der Waals surface area (Å²) in [5.41, 5.74) is 2.16. The molecule has 1 rings (SSSR count). The van der Waals surface area contributed by atoms with Gasteiger partial charge in [0.1, 0.15) is 6.29 Å². The van der Waals surface area contributed by atoms with Crippen molar-refractivity contribution in [3.63, 3.8) is 0 Å². The van der Waals surface area contributed by atoms with Crippen molar-refractivity contribution in [1.82, 2.24) is 0 Å². The minimum absolute atomic E-state index is 0.168. The summed E-state index contributed by atoms with van der Waals surface area (Å²) in [5.74, 6) is 0. The molecule has 1 aromatic carbocycles. The van der Waals surface area contributed by atoms with Gasteiger partial charge in [-0.3, -0.25) is 4.79 Å². The number of aldehydes is 1. The van der Waals surface area contributed by atoms with Gasteiger partial charge in [0, 0.05) is 5.56 Å². The molecule has 0 fully saturated rings. The van der Waals surface area contributed by atoms with E-state index in [0.29, 0.717) is 0 Å². The number of hydrogen-bond donors (Lipinski definition) is 0. The number of rotatable bonds is 1. The number of benzene rings is 1. The van der Waals surface area contributed by atoms with Crippen molar-refractivity contribution in [1.29, 1.82) is 0 Å². The third-order valence-corrected chi connectivity index (χ3v) is 1.91. The maximum Gasteiger partial charge on any atom is 0.150 e. The highest BCUT2D eigenvalue weighted by Crippen LogP contribution is 2.21. The van der Waals surface area contributed by atoms with Gasteiger partial charge < -0.3 is 0 Å². The largest absolute Gasteiger partial charge is 0.298 e. The van der Waals surface area contributed by atoms with Crippen LogP contribution >= 0.6 is 0 Å². The van der Waals surface area contributed by atoms with Gasteiger partial charge in [-0.2, -0.15) is 0 Å². The van der Waals surface area contributed by atoms with E-state index in [1.807, 2.05) is 38.1 Å². The fraction of sp³-hybridized carbons (Fsp3) is 0.462. The maximum atomic E-state index is 10.4. The summed E-state index contributed by atoms with van der Waals surface area (Å²) < 4.78 is 0. The van der Waals surface area contributed by atoms with Crippen LogP contribution in [0.3, 0.4) is 0 Å². The average Bonchev–Trinajstić information content (AvgIpc) is 2.20. The summed E-state index contributed by atoms with van der Waals surface area (Å²) in [6, 6.07) is 7.72. The van der Waals surface area contributed by atoms with Gasteiger partial charge in [-0.15, -0.1) is 0 Å². The summed E-state index contributed by atoms with van der Waals surface area (Å²) >= 11 is 0. The topological polar surface area (TPSA) is 17.1 Å². The van der Waals surface area contributed by atoms with Gasteiger partial charge in [0.25, 0.3) is 0 Å². The zero-order chi connectivity index (χ0) is 11.2. The first kappa shape index (κ1) is 12.9. The summed E-state index contributed by atoms with van der Waals surface area (Å²) in [5, 5.41) is 0. The molecule has 0 spiro atoms. The molecule has 0 aromatic heterocycles. The van der Waals surface area contributed by atoms with Crippen LogP contribution < -0.4 is 0 Å². The molecule has 78 valence electrons. The summed E-state index contributed by atoms with van der Waals surface area (Å²) in [6.45, 7) is 10.5. The molecule has 1 heteroatoms. The Morgan fingerprint density at radius 2 is 1.43 bits per heavy atom. The Morgan fingerprint density at radius 1 is 1.00 bits per heavy atom. The molecule has 0 aliphatic heterocycles. The zero-order valence-electron chi connectivity index (χ0n) is 9.79. The lowest BCUT2D eigenvalue weighted by atomic mass is 9.87. The predicted octanol–water partition coefficient (Wildman–Crippen LogP) is 3.82. The van der Waals surface area contributed by atoms with E-state index in [9.17, 15) is 4.79 Å². The Morgan fingerprint density at radius 3 is 1.71 bits per heavy atom. The van der Waals surface area contributed by atoms with Gasteiger partial charge >= 0.3 is 0 Å². The van der Waals surface area contributed by atoms with Crippen LogP contribution in [-0.4, -0.2) is 6.29 Å². The molecule has 1 aromatic rings. The van der Waals surface area contributed by atoms with Crippen LogP contribution in [0, 0.1) is 0 Å². The van der Waals surface area contributed by atoms with E-state index in [-0.39, 0.29) is 5.41 Å². The molecule has 0 amide bonds. The number of hydrogen-bond acceptors (Lipinski definition) is 1. The molecular weight excluding hydrogens is 172 g/mol. The van der Waals surface area contributed by atoms with E-state index in [2.05, 4.69) is 20.8 Å². The lowest BCUT2D eigenvalue weighted by Gasteiger charge is -2.18. The van der Waals surface area contributed by atoms with Crippen molar-refractivity contribution in [3.05, 3.63) is 35.4 Å². The van der Waals surface area contributed by atoms with Gasteiger partial charge in [0.15, 0.2) is 0 Å². The van der Waals surface area contributed by atoms with Gasteiger partial charge in [0.2, 0.25) is 0 Å². The second-order valence-electron chi connectivity index (χ2n) is 3.99. The van der Waals surface area contributed by atoms with Gasteiger partial charge in [-0.1, -0.05) is 58.9 Å². The fourth-order valence-corrected chi connectivity index (χ4v) is 1.06. The van der Waals surface area contributed by atoms with E-state index in [1.165, 1.54) is 5.56 Å². The molecule has 0 aliphatic rings. The first-order valence-corrected chi connectivity index (χ1v) is 5.10. The standard InChI is InChI=1S/C11H14O.C2H6/c1-11(2,3)10-6-4-9(8-12)5-7-10;1-2/h4-8H,1-3H3;1-2H3. The second kappa shape index (κ2) is 5.58. The van der Waals surface area contributed by atoms with Crippen LogP contribution in [0.4, 0.5) is 0 Å². The maximum absolute atomic E-state index is 10.4. The van der Waals surface area contributed by atoms with Crippen molar-refractivity contribution < 1.29 is 4.79 Å². The molecule has 14 heavy (non-hydrogen) atoms. The number of carbonyl (C=O) groups excluding carboxylic acids is 1. The Balaban J connectivity index is 0.000000791. The Hall–Kier alpha value is -1.11. The SMILES string of the molecule is CC.CC(C)(C)c1ccc(C=O)cc1. The van der Waals surface area contributed by atoms with E-state index in [0.717, 1.165) is 11.8 Å². The van der Waals surface area contributed by atoms with E-state index >= 15 is 0 Å². The lowest BCUT2D eigenvalue weighted by Crippen LogP contribution is -2.10. The summed E-state index contributed by atoms with van der Waals surface area (Å²) in [4.78, 5) is 10.4. The Labute approximate surface area is 87.2 Å². The molecule has 0 atom stereocenters. The van der Waals surface area contributed by atoms with Crippen molar-refractivity contribution in [3.8, 4) is 0 Å². The molecular formula is C13H20O. The monoisotopic (exact) mass is 192 g/mol. The summed E-state index contributed by atoms with van der Waals surface area (Å²) in [7, 11) is 0. The van der Waals surface area contributed by atoms with Crippen LogP contribution in [0.1, 0.15) is 50.5 Å². The van der Waals surface area contributed by atoms with Gasteiger partial charge in [0.05, 0.1) is 0 Å². The van der Waals surface area contributed by atoms with Crippen molar-refractivity contribution in [2.45, 2.75) is 40.0 Å². The minimum Gasteiger partial charge on any atom is -0.298 e. The van der Waals surface area contributed by atoms with Crippen molar-refractivity contribution in [2.24, 2.45) is 0 Å². The van der Waals surface area contributed by atoms with Crippen molar-refractivity contribution >= 4 is 6.29 Å². The van der Waals surface area contributed by atoms with Crippen LogP contribution in [0.15, 0.2) is 24.3 Å². The van der Waals surface area contributed by atoms with Crippen LogP contribution in [0.5, 0.6) is 0 Å². The van der Waals surface area contributed by atoms with Crippen LogP contribution in [0.2, 0.25) is 0 Å². The fourth-order valence-electron chi connectivity index (χ4n) is 1.06. The molecule has 0 aliphatic carbocycles. The molecule has 0 unspecified atom stereocenters. The average molecular weight is 192 g/mol. The highest BCUT2D eigenvalue weighted by atomic mass is 16.1. The molecule has 1 nitrogen and oxygen atoms in total. The zero-order valence-corrected chi connectivity index (χ0v) is 9.79. The molecule has 0 saturated heterocycles. The van der Waals surface area contributed by atoms with Crippen molar-refractivity contribution in [2.75, 3.05) is 0 Å². The van der Waals surface area contributed by atoms with E-state index < -0.39 is 0 Å². The number of carbonyl (C=O) groups is 1. The molecule has 0 radical (unpaired) electrons. The minimum atomic E-state index is 0.168. The van der Waals surface area contributed by atoms with Gasteiger partial charge in [-0.05, 0) is 11.0 Å². The smallest absolute Gasteiger partial charge is 0.150 e. The highest BCUT2D eigenvalue weighted by molar-refractivity contribution is 5.74. The second-order valence-corrected chi connectivity index (χ2v) is 3.99. The normalized spacial score (nSPS) is 10.1. The quantitative estimate of drug-likeness (QED) is 0.618. The molecule has 0 heterocycles. The van der Waals surface area contributed by atoms with Gasteiger partial charge in [-0.25, -0.2) is 0 Å². The van der Waals surface area contributed by atoms with E-state index in [4.69, 9.17) is 0 Å². The third kappa shape index (κ3) is 3.73. The molecule has 0 bridgehead atoms. The van der Waals surface area contributed by atoms with Crippen LogP contribution in [-0.2, 0) is 5.41 Å². The van der Waals surface area contributed by atoms with E-state index in [1.54, 1.807) is 0 Å². The third-order valence-electron chi connectivity index (χ3n) is 1.91. The van der Waals surface area contributed by atoms with Crippen LogP contribution in [0.25, 0.3) is 0 Å². The molecule has 0 N–H and O–H groups in total. The molecule has 0 saturated carbocycles. The lowest BCUT2D eigenvalue weighted by molar-refractivity contribution is 0.112. The highest BCUT2D eigenvalue weighted by Gasteiger charge is 2.12.